The van der Waals surface area contributed by atoms with E-state index in [9.17, 15) is 73.8 Å². The van der Waals surface area contributed by atoms with Crippen molar-refractivity contribution >= 4 is 61.8 Å². The number of carbonyl (C=O) groups excluding carboxylic acids is 7. The number of esters is 6. The number of phenols is 1. The van der Waals surface area contributed by atoms with Crippen LogP contribution in [0.1, 0.15) is 448 Å². The number of phenolic OH excluding ortho intramolecular Hbond substituents is 1. The number of Topliss-reactive ketones (excluding diaryl/α,β-unsaturated/α-hetero) is 1. The number of halogens is 3. The number of aromatic hydroxyl groups is 1. The Bertz CT molecular complexity index is 4640. The van der Waals surface area contributed by atoms with Gasteiger partial charge in [0.15, 0.2) is 5.60 Å². The lowest BCUT2D eigenvalue weighted by Crippen LogP contribution is -2.60. The first-order chi connectivity index (χ1) is 68.5. The molecular weight excluding hydrogens is 1950 g/mol. The Balaban J connectivity index is 0.000000429. The topological polar surface area (TPSA) is 365 Å². The smallest absolute Gasteiger partial charge is 0.416 e. The fourth-order valence-electron chi connectivity index (χ4n) is 25.3. The van der Waals surface area contributed by atoms with Crippen LogP contribution in [0.5, 0.6) is 5.75 Å². The molecule has 23 nitrogen and oxygen atoms in total. The summed E-state index contributed by atoms with van der Waals surface area (Å²) in [6.45, 7) is 49.7. The van der Waals surface area contributed by atoms with E-state index in [-0.39, 0.29) is 168 Å². The zero-order valence-corrected chi connectivity index (χ0v) is 95.9. The Kier molecular flexibility index (Phi) is 55.8. The number of aliphatic hydroxyl groups is 3. The Hall–Kier alpha value is -6.56. The highest BCUT2D eigenvalue weighted by Crippen LogP contribution is 2.71. The third kappa shape index (κ3) is 39.9. The molecule has 0 saturated heterocycles. The predicted molar refractivity (Wildman–Crippen MR) is 592 cm³/mol. The molecule has 19 rings (SSSR count). The molecule has 0 aliphatic heterocycles. The minimum Gasteiger partial charge on any atom is -0.508 e. The summed E-state index contributed by atoms with van der Waals surface area (Å²) in [6, 6.07) is 24.1. The first-order valence-electron chi connectivity index (χ1n) is 56.3. The fraction of sp³-hybridized carbons (Fsp3) is 0.795. The van der Waals surface area contributed by atoms with Gasteiger partial charge in [-0.1, -0.05) is 234 Å². The van der Waals surface area contributed by atoms with Crippen LogP contribution in [-0.4, -0.2) is 153 Å². The van der Waals surface area contributed by atoms with Crippen molar-refractivity contribution in [2.75, 3.05) is 19.0 Å². The maximum atomic E-state index is 12.8. The number of benzene rings is 3. The van der Waals surface area contributed by atoms with Gasteiger partial charge >= 0.3 is 42.0 Å². The Morgan fingerprint density at radius 3 is 1.16 bits per heavy atom. The van der Waals surface area contributed by atoms with E-state index in [2.05, 4.69) is 78.8 Å². The SMILES string of the molecule is C.C.C.CC12CCC(CS(=O)(=O)O)(C(=O)C1)C2(C)C.CCC(C)C(=O)OC12CC3CC(CC(C3)C1)C2.CCC(C)C(=O)OC12CC3CC(CC(C3)C1)C2.CCC(C)C(=O)OC12CC3CC(CC(O)(C3)C1)C2.CCC(C)C(=O)OC1CC2CC1CC2CC(C)(O)C(F)(F)F.CCC(C)O.CCC(C)c1ccc(O)cc1.CCC(C)c1ccccc1.CCCCOC(=O)C(C)CC.CCOC(=O)C(C)CC.Cc1ccc(S(=O)(=O)O)cc1. The first-order valence-corrected chi connectivity index (χ1v) is 59.3. The lowest BCUT2D eigenvalue weighted by molar-refractivity contribution is -0.259. The van der Waals surface area contributed by atoms with Crippen LogP contribution in [0.25, 0.3) is 0 Å². The predicted octanol–water partition coefficient (Wildman–Crippen LogP) is 29.1. The van der Waals surface area contributed by atoms with Gasteiger partial charge in [0.2, 0.25) is 0 Å². The number of aliphatic hydroxyl groups excluding tert-OH is 1. The highest BCUT2D eigenvalue weighted by Gasteiger charge is 2.71. The molecule has 16 aliphatic carbocycles. The van der Waals surface area contributed by atoms with Gasteiger partial charge in [0.25, 0.3) is 20.2 Å². The molecule has 0 radical (unpaired) electrons. The fourth-order valence-corrected chi connectivity index (χ4v) is 27.1. The first kappa shape index (κ1) is 138. The quantitative estimate of drug-likeness (QED) is 0.0156. The van der Waals surface area contributed by atoms with Gasteiger partial charge in [0.1, 0.15) is 34.4 Å². The second-order valence-electron chi connectivity index (χ2n) is 48.2. The summed E-state index contributed by atoms with van der Waals surface area (Å²) < 4.78 is 132. The van der Waals surface area contributed by atoms with Crippen molar-refractivity contribution in [3.8, 4) is 5.75 Å². The van der Waals surface area contributed by atoms with E-state index in [1.165, 1.54) is 74.6 Å². The second-order valence-corrected chi connectivity index (χ2v) is 51.0. The number of hydrogen-bond donors (Lipinski definition) is 6. The van der Waals surface area contributed by atoms with Gasteiger partial charge in [-0.25, -0.2) is 0 Å². The molecule has 28 heteroatoms. The molecule has 150 heavy (non-hydrogen) atoms. The number of carbonyl (C=O) groups is 7. The van der Waals surface area contributed by atoms with Gasteiger partial charge in [0.05, 0.1) is 76.5 Å². The number of ether oxygens (including phenoxy) is 6. The largest absolute Gasteiger partial charge is 0.508 e. The Labute approximate surface area is 904 Å². The maximum absolute atomic E-state index is 12.8. The van der Waals surface area contributed by atoms with E-state index in [1.54, 1.807) is 31.2 Å². The third-order valence-electron chi connectivity index (χ3n) is 35.8. The van der Waals surface area contributed by atoms with Crippen LogP contribution in [0, 0.1) is 124 Å². The molecule has 0 spiro atoms. The van der Waals surface area contributed by atoms with Gasteiger partial charge in [-0.3, -0.25) is 42.7 Å². The molecular formula is C122H205F3O23S2. The lowest BCUT2D eigenvalue weighted by Gasteiger charge is -2.59. The molecule has 864 valence electrons. The van der Waals surface area contributed by atoms with Crippen LogP contribution in [0.3, 0.4) is 0 Å². The van der Waals surface area contributed by atoms with Crippen molar-refractivity contribution in [3.05, 3.63) is 95.6 Å². The monoisotopic (exact) mass is 2160 g/mol. The zero-order valence-electron chi connectivity index (χ0n) is 94.3. The van der Waals surface area contributed by atoms with Gasteiger partial charge in [-0.15, -0.1) is 0 Å². The summed E-state index contributed by atoms with van der Waals surface area (Å²) in [5, 5.41) is 37.6. The van der Waals surface area contributed by atoms with E-state index in [0.717, 1.165) is 189 Å². The normalized spacial score (nSPS) is 30.2. The Morgan fingerprint density at radius 1 is 0.460 bits per heavy atom. The molecule has 16 bridgehead atoms. The van der Waals surface area contributed by atoms with Crippen molar-refractivity contribution in [2.45, 2.75) is 490 Å². The van der Waals surface area contributed by atoms with Crippen LogP contribution in [0.2, 0.25) is 0 Å². The van der Waals surface area contributed by atoms with Crippen LogP contribution in [0.4, 0.5) is 13.2 Å². The lowest BCUT2D eigenvalue weighted by atomic mass is 9.52. The molecule has 18 atom stereocenters. The number of aryl methyl sites for hydroxylation is 1. The Morgan fingerprint density at radius 2 is 0.833 bits per heavy atom. The van der Waals surface area contributed by atoms with Crippen molar-refractivity contribution in [3.63, 3.8) is 0 Å². The number of hydrogen-bond acceptors (Lipinski definition) is 21. The summed E-state index contributed by atoms with van der Waals surface area (Å²) in [5.41, 5.74) is -1.24. The summed E-state index contributed by atoms with van der Waals surface area (Å²) in [4.78, 5) is 81.8. The van der Waals surface area contributed by atoms with Gasteiger partial charge < -0.3 is 48.8 Å². The summed E-state index contributed by atoms with van der Waals surface area (Å²) in [6.07, 6.45) is 30.2. The number of ketones is 1. The van der Waals surface area contributed by atoms with Crippen molar-refractivity contribution in [1.29, 1.82) is 0 Å². The van der Waals surface area contributed by atoms with Crippen molar-refractivity contribution in [1.82, 2.24) is 0 Å². The van der Waals surface area contributed by atoms with Gasteiger partial charge in [-0.2, -0.15) is 30.0 Å². The molecule has 0 heterocycles. The molecule has 16 aliphatic rings. The van der Waals surface area contributed by atoms with E-state index >= 15 is 0 Å². The van der Waals surface area contributed by atoms with E-state index in [4.69, 9.17) is 47.7 Å². The number of rotatable bonds is 30. The highest BCUT2D eigenvalue weighted by molar-refractivity contribution is 7.86. The summed E-state index contributed by atoms with van der Waals surface area (Å²) in [5.74, 6) is 7.41. The van der Waals surface area contributed by atoms with E-state index in [1.807, 2.05) is 123 Å². The summed E-state index contributed by atoms with van der Waals surface area (Å²) in [7, 11) is -8.12. The minimum absolute atomic E-state index is 0. The summed E-state index contributed by atoms with van der Waals surface area (Å²) >= 11 is 0. The van der Waals surface area contributed by atoms with Crippen LogP contribution in [-0.2, 0) is 82.2 Å². The van der Waals surface area contributed by atoms with Crippen molar-refractivity contribution in [2.24, 2.45) is 117 Å². The maximum Gasteiger partial charge on any atom is 0.416 e. The molecule has 3 aromatic carbocycles. The number of unbranched alkanes of at least 4 members (excludes halogenated alkanes) is 1. The van der Waals surface area contributed by atoms with Gasteiger partial charge in [-0.05, 0) is 363 Å². The average Bonchev–Trinajstić information content (AvgIpc) is 1.52. The average molecular weight is 2160 g/mol. The van der Waals surface area contributed by atoms with Crippen LogP contribution < -0.4 is 0 Å². The molecule has 0 amide bonds. The standard InChI is InChI=1S/C16H25F3O3.C15H24O3.2C15H24O2.C11H18O4S.C10H14O.C10H14.C9H18O2.C7H8O3S.C7H14O2.C4H10O.3CH4/c1-4-9(2)14(20)22-13-7-10-5-11(13)6-12(10)8-15(3,21)16(17,18)19;1-3-10(2)13(16)18-15-7-11-4-12(8-15)6-14(17,5-11)9-15;2*1-3-10(2)14(16)17-15-7-11-4-12(8-15)6-13(5-11)9-15;1-9(2)10(3)4-5-11(9,8(12)6-10)7-16(13,14)15;1-3-8(2)9-4-6-10(11)7-5-9;1-3-9(2)10-7-5-4-6-8-10;1-4-6-7-11-9(10)8(3)5-2;1-6-2-4-7(5-3-6)11(8,9)10;1-4-6(3)7(8)9-5-2;1-3-4(2)5;;;/h9-13,21H,4-8H2,1-3H3;10-12,17H,3-9H2,1-2H3;2*10-13H,3-9H2,1-2H3;4-7H2,1-3H3,(H,13,14,15);4-8,11H,3H2,1-2H3;4-9H,3H2,1-2H3;8H,4-7H2,1-3H3;2-5H,1H3,(H,8,9,10);6H,4-5H2,1-3H3;4-5H,3H2,1-2H3;3*1H4. The molecule has 0 aromatic heterocycles. The van der Waals surface area contributed by atoms with E-state index in [0.29, 0.717) is 74.7 Å². The second kappa shape index (κ2) is 60.8. The molecule has 16 saturated carbocycles. The van der Waals surface area contributed by atoms with Crippen molar-refractivity contribution < 1.29 is 122 Å². The molecule has 16 fully saturated rings. The van der Waals surface area contributed by atoms with Crippen LogP contribution >= 0.6 is 0 Å². The zero-order chi connectivity index (χ0) is 111. The van der Waals surface area contributed by atoms with E-state index < -0.39 is 48.8 Å². The highest BCUT2D eigenvalue weighted by atomic mass is 32.2. The minimum atomic E-state index is -4.60. The molecule has 3 aromatic rings. The molecule has 18 unspecified atom stereocenters. The third-order valence-corrected chi connectivity index (χ3v) is 37.5. The van der Waals surface area contributed by atoms with Crippen LogP contribution in [0.15, 0.2) is 83.8 Å². The molecule has 6 N–H and O–H groups in total. The van der Waals surface area contributed by atoms with Gasteiger partial charge in [0, 0.05) is 12.8 Å². The number of fused-ring (bicyclic) bond motifs is 4. The number of alkyl halides is 3.